The Morgan fingerprint density at radius 3 is 2.30 bits per heavy atom. The SMILES string of the molecule is CCOc1ccc(C(=O)NCc2ccc(Cn3ccccc3=O)cc2)cc1OCC. The molecule has 0 radical (unpaired) electrons. The summed E-state index contributed by atoms with van der Waals surface area (Å²) in [5.74, 6) is 1.01. The van der Waals surface area contributed by atoms with Crippen LogP contribution in [0, 0.1) is 0 Å². The molecule has 1 N–H and O–H groups in total. The fourth-order valence-electron chi connectivity index (χ4n) is 3.03. The number of hydrogen-bond acceptors (Lipinski definition) is 4. The molecule has 1 heterocycles. The van der Waals surface area contributed by atoms with Gasteiger partial charge in [0.2, 0.25) is 0 Å². The van der Waals surface area contributed by atoms with Crippen molar-refractivity contribution in [3.8, 4) is 11.5 Å². The van der Waals surface area contributed by atoms with Crippen molar-refractivity contribution >= 4 is 5.91 Å². The van der Waals surface area contributed by atoms with Crippen LogP contribution in [0.2, 0.25) is 0 Å². The highest BCUT2D eigenvalue weighted by atomic mass is 16.5. The van der Waals surface area contributed by atoms with E-state index in [1.54, 1.807) is 41.1 Å². The quantitative estimate of drug-likeness (QED) is 0.589. The van der Waals surface area contributed by atoms with Gasteiger partial charge in [-0.05, 0) is 49.2 Å². The van der Waals surface area contributed by atoms with Gasteiger partial charge < -0.3 is 19.4 Å². The molecule has 0 fully saturated rings. The van der Waals surface area contributed by atoms with Crippen LogP contribution in [0.3, 0.4) is 0 Å². The number of carbonyl (C=O) groups excluding carboxylic acids is 1. The summed E-state index contributed by atoms with van der Waals surface area (Å²) in [7, 11) is 0. The van der Waals surface area contributed by atoms with Crippen LogP contribution in [0.25, 0.3) is 0 Å². The normalized spacial score (nSPS) is 10.5. The number of rotatable bonds is 9. The molecule has 0 aliphatic heterocycles. The summed E-state index contributed by atoms with van der Waals surface area (Å²) in [4.78, 5) is 24.4. The Balaban J connectivity index is 1.61. The first-order chi connectivity index (χ1) is 14.6. The summed E-state index contributed by atoms with van der Waals surface area (Å²) in [5.41, 5.74) is 2.48. The highest BCUT2D eigenvalue weighted by molar-refractivity contribution is 5.94. The minimum atomic E-state index is -0.182. The molecule has 0 saturated carbocycles. The van der Waals surface area contributed by atoms with Gasteiger partial charge in [-0.25, -0.2) is 0 Å². The standard InChI is InChI=1S/C24H26N2O4/c1-3-29-21-13-12-20(15-22(21)30-4-2)24(28)25-16-18-8-10-19(11-9-18)17-26-14-6-5-7-23(26)27/h5-15H,3-4,16-17H2,1-2H3,(H,25,28). The monoisotopic (exact) mass is 406 g/mol. The molecule has 3 aromatic rings. The second kappa shape index (κ2) is 10.3. The molecule has 0 bridgehead atoms. The van der Waals surface area contributed by atoms with E-state index in [0.29, 0.717) is 43.4 Å². The van der Waals surface area contributed by atoms with E-state index in [0.717, 1.165) is 11.1 Å². The van der Waals surface area contributed by atoms with Crippen LogP contribution in [0.5, 0.6) is 11.5 Å². The Morgan fingerprint density at radius 2 is 1.60 bits per heavy atom. The molecule has 1 aromatic heterocycles. The molecule has 156 valence electrons. The maximum Gasteiger partial charge on any atom is 0.251 e. The molecule has 1 amide bonds. The second-order valence-corrected chi connectivity index (χ2v) is 6.69. The summed E-state index contributed by atoms with van der Waals surface area (Å²) in [6.45, 7) is 5.73. The fraction of sp³-hybridized carbons (Fsp3) is 0.250. The molecule has 6 heteroatoms. The topological polar surface area (TPSA) is 69.6 Å². The zero-order valence-corrected chi connectivity index (χ0v) is 17.3. The van der Waals surface area contributed by atoms with Gasteiger partial charge in [-0.3, -0.25) is 9.59 Å². The predicted molar refractivity (Wildman–Crippen MR) is 116 cm³/mol. The average Bonchev–Trinajstić information content (AvgIpc) is 2.76. The number of pyridine rings is 1. The molecule has 0 saturated heterocycles. The van der Waals surface area contributed by atoms with Gasteiger partial charge >= 0.3 is 0 Å². The third kappa shape index (κ3) is 5.50. The van der Waals surface area contributed by atoms with Crippen molar-refractivity contribution in [2.75, 3.05) is 13.2 Å². The van der Waals surface area contributed by atoms with E-state index in [1.807, 2.05) is 44.2 Å². The van der Waals surface area contributed by atoms with Crippen LogP contribution in [-0.4, -0.2) is 23.7 Å². The van der Waals surface area contributed by atoms with Gasteiger partial charge in [0.15, 0.2) is 11.5 Å². The number of aromatic nitrogens is 1. The minimum absolute atomic E-state index is 0.0318. The Bertz CT molecular complexity index is 1040. The molecule has 0 unspecified atom stereocenters. The lowest BCUT2D eigenvalue weighted by Gasteiger charge is -2.12. The van der Waals surface area contributed by atoms with Crippen LogP contribution < -0.4 is 20.3 Å². The van der Waals surface area contributed by atoms with E-state index in [4.69, 9.17) is 9.47 Å². The zero-order valence-electron chi connectivity index (χ0n) is 17.3. The maximum absolute atomic E-state index is 12.5. The third-order valence-electron chi connectivity index (χ3n) is 4.53. The van der Waals surface area contributed by atoms with Gasteiger partial charge in [-0.1, -0.05) is 30.3 Å². The molecule has 6 nitrogen and oxygen atoms in total. The zero-order chi connectivity index (χ0) is 21.3. The number of ether oxygens (including phenoxy) is 2. The van der Waals surface area contributed by atoms with Crippen LogP contribution >= 0.6 is 0 Å². The molecule has 0 aliphatic carbocycles. The Hall–Kier alpha value is -3.54. The van der Waals surface area contributed by atoms with Crippen LogP contribution in [-0.2, 0) is 13.1 Å². The van der Waals surface area contributed by atoms with E-state index in [-0.39, 0.29) is 11.5 Å². The highest BCUT2D eigenvalue weighted by Gasteiger charge is 2.11. The summed E-state index contributed by atoms with van der Waals surface area (Å²) in [6, 6.07) is 18.1. The molecular formula is C24H26N2O4. The molecule has 0 spiro atoms. The number of amides is 1. The van der Waals surface area contributed by atoms with Crippen molar-refractivity contribution in [3.63, 3.8) is 0 Å². The molecular weight excluding hydrogens is 380 g/mol. The van der Waals surface area contributed by atoms with E-state index < -0.39 is 0 Å². The van der Waals surface area contributed by atoms with Crippen molar-refractivity contribution in [1.29, 1.82) is 0 Å². The largest absolute Gasteiger partial charge is 0.490 e. The number of nitrogens with zero attached hydrogens (tertiary/aromatic N) is 1. The molecule has 30 heavy (non-hydrogen) atoms. The van der Waals surface area contributed by atoms with Crippen LogP contribution in [0.4, 0.5) is 0 Å². The maximum atomic E-state index is 12.5. The summed E-state index contributed by atoms with van der Waals surface area (Å²) >= 11 is 0. The van der Waals surface area contributed by atoms with Gasteiger partial charge in [-0.15, -0.1) is 0 Å². The van der Waals surface area contributed by atoms with E-state index in [1.165, 1.54) is 0 Å². The van der Waals surface area contributed by atoms with Crippen molar-refractivity contribution in [2.45, 2.75) is 26.9 Å². The van der Waals surface area contributed by atoms with Crippen LogP contribution in [0.15, 0.2) is 71.7 Å². The summed E-state index contributed by atoms with van der Waals surface area (Å²) in [6.07, 6.45) is 1.77. The average molecular weight is 406 g/mol. The van der Waals surface area contributed by atoms with Crippen molar-refractivity contribution in [2.24, 2.45) is 0 Å². The fourth-order valence-corrected chi connectivity index (χ4v) is 3.03. The first-order valence-electron chi connectivity index (χ1n) is 10.0. The summed E-state index contributed by atoms with van der Waals surface area (Å²) < 4.78 is 12.8. The third-order valence-corrected chi connectivity index (χ3v) is 4.53. The second-order valence-electron chi connectivity index (χ2n) is 6.69. The van der Waals surface area contributed by atoms with E-state index >= 15 is 0 Å². The lowest BCUT2D eigenvalue weighted by atomic mass is 10.1. The Kier molecular flexibility index (Phi) is 7.27. The van der Waals surface area contributed by atoms with Gasteiger partial charge in [-0.2, -0.15) is 0 Å². The van der Waals surface area contributed by atoms with Crippen molar-refractivity contribution in [1.82, 2.24) is 9.88 Å². The number of carbonyl (C=O) groups is 1. The predicted octanol–water partition coefficient (Wildman–Crippen LogP) is 3.62. The Labute approximate surface area is 176 Å². The first-order valence-corrected chi connectivity index (χ1v) is 10.0. The van der Waals surface area contributed by atoms with E-state index in [2.05, 4.69) is 5.32 Å². The molecule has 0 aliphatic rings. The smallest absolute Gasteiger partial charge is 0.251 e. The highest BCUT2D eigenvalue weighted by Crippen LogP contribution is 2.28. The van der Waals surface area contributed by atoms with Gasteiger partial charge in [0.05, 0.1) is 19.8 Å². The van der Waals surface area contributed by atoms with Gasteiger partial charge in [0, 0.05) is 24.4 Å². The molecule has 2 aromatic carbocycles. The molecule has 0 atom stereocenters. The van der Waals surface area contributed by atoms with Gasteiger partial charge in [0.25, 0.3) is 11.5 Å². The first kappa shape index (κ1) is 21.2. The van der Waals surface area contributed by atoms with Crippen molar-refractivity contribution < 1.29 is 14.3 Å². The lowest BCUT2D eigenvalue weighted by Crippen LogP contribution is -2.23. The molecule has 3 rings (SSSR count). The van der Waals surface area contributed by atoms with Crippen molar-refractivity contribution in [3.05, 3.63) is 93.9 Å². The van der Waals surface area contributed by atoms with Crippen LogP contribution in [0.1, 0.15) is 35.3 Å². The number of benzene rings is 2. The number of hydrogen-bond donors (Lipinski definition) is 1. The van der Waals surface area contributed by atoms with E-state index in [9.17, 15) is 9.59 Å². The number of nitrogens with one attached hydrogen (secondary N) is 1. The Morgan fingerprint density at radius 1 is 0.900 bits per heavy atom. The summed E-state index contributed by atoms with van der Waals surface area (Å²) in [5, 5.41) is 2.92. The van der Waals surface area contributed by atoms with Gasteiger partial charge in [0.1, 0.15) is 0 Å². The minimum Gasteiger partial charge on any atom is -0.490 e. The lowest BCUT2D eigenvalue weighted by molar-refractivity contribution is 0.0950.